The van der Waals surface area contributed by atoms with Crippen LogP contribution in [0.1, 0.15) is 35.6 Å². The third-order valence-corrected chi connectivity index (χ3v) is 4.17. The van der Waals surface area contributed by atoms with Crippen LogP contribution in [0.4, 0.5) is 0 Å². The molecule has 0 bridgehead atoms. The zero-order valence-electron chi connectivity index (χ0n) is 10.1. The van der Waals surface area contributed by atoms with Crippen molar-refractivity contribution in [3.05, 3.63) is 35.0 Å². The van der Waals surface area contributed by atoms with E-state index in [2.05, 4.69) is 40.9 Å². The molecule has 0 saturated heterocycles. The van der Waals surface area contributed by atoms with Gasteiger partial charge in [0.15, 0.2) is 0 Å². The first-order valence-electron chi connectivity index (χ1n) is 6.46. The van der Waals surface area contributed by atoms with E-state index in [1.807, 2.05) is 0 Å². The molecule has 0 radical (unpaired) electrons. The lowest BCUT2D eigenvalue weighted by Crippen LogP contribution is -2.18. The minimum absolute atomic E-state index is 0.570. The molecule has 0 amide bonds. The Kier molecular flexibility index (Phi) is 1.79. The van der Waals surface area contributed by atoms with Gasteiger partial charge in [0.2, 0.25) is 0 Å². The normalized spacial score (nSPS) is 21.8. The fraction of sp³-hybridized carbons (Fsp3) is 0.400. The molecule has 1 aromatic carbocycles. The number of hydrogen-bond donors (Lipinski definition) is 0. The monoisotopic (exact) mass is 224 g/mol. The number of aromatic nitrogens is 1. The summed E-state index contributed by atoms with van der Waals surface area (Å²) in [7, 11) is 0. The Hall–Kier alpha value is -1.57. The van der Waals surface area contributed by atoms with Gasteiger partial charge in [-0.2, -0.15) is 0 Å². The number of nitrogens with zero attached hydrogens (tertiary/aromatic N) is 2. The predicted octanol–water partition coefficient (Wildman–Crippen LogP) is 3.41. The second-order valence-electron chi connectivity index (χ2n) is 5.28. The van der Waals surface area contributed by atoms with Crippen LogP contribution in [-0.4, -0.2) is 10.8 Å². The van der Waals surface area contributed by atoms with Gasteiger partial charge >= 0.3 is 0 Å². The molecule has 1 aliphatic carbocycles. The molecule has 17 heavy (non-hydrogen) atoms. The average molecular weight is 224 g/mol. The molecule has 0 N–H and O–H groups in total. The third kappa shape index (κ3) is 1.18. The average Bonchev–Trinajstić information content (AvgIpc) is 2.67. The van der Waals surface area contributed by atoms with E-state index in [-0.39, 0.29) is 0 Å². The topological polar surface area (TPSA) is 17.3 Å². The van der Waals surface area contributed by atoms with Gasteiger partial charge in [0.05, 0.1) is 5.52 Å². The first-order chi connectivity index (χ1) is 8.34. The van der Waals surface area contributed by atoms with E-state index in [1.165, 1.54) is 35.7 Å². The second-order valence-corrected chi connectivity index (χ2v) is 5.28. The van der Waals surface area contributed by atoms with E-state index in [0.717, 1.165) is 6.67 Å². The van der Waals surface area contributed by atoms with Crippen molar-refractivity contribution in [2.24, 2.45) is 4.99 Å². The summed E-state index contributed by atoms with van der Waals surface area (Å²) in [5.41, 5.74) is 5.88. The lowest BCUT2D eigenvalue weighted by atomic mass is 9.87. The summed E-state index contributed by atoms with van der Waals surface area (Å²) < 4.78 is 2.42. The smallest absolute Gasteiger partial charge is 0.114 e. The third-order valence-electron chi connectivity index (χ3n) is 4.17. The van der Waals surface area contributed by atoms with Crippen LogP contribution >= 0.6 is 0 Å². The van der Waals surface area contributed by atoms with E-state index in [4.69, 9.17) is 0 Å². The lowest BCUT2D eigenvalue weighted by Gasteiger charge is -2.25. The van der Waals surface area contributed by atoms with Crippen LogP contribution in [0.5, 0.6) is 0 Å². The van der Waals surface area contributed by atoms with Crippen molar-refractivity contribution in [3.8, 4) is 0 Å². The summed E-state index contributed by atoms with van der Waals surface area (Å²) in [4.78, 5) is 4.53. The van der Waals surface area contributed by atoms with Gasteiger partial charge in [0.1, 0.15) is 6.67 Å². The summed E-state index contributed by atoms with van der Waals surface area (Å²) in [5.74, 6) is 0.570. The van der Waals surface area contributed by atoms with Crippen LogP contribution < -0.4 is 0 Å². The van der Waals surface area contributed by atoms with Crippen molar-refractivity contribution in [1.29, 1.82) is 0 Å². The summed E-state index contributed by atoms with van der Waals surface area (Å²) in [5, 5.41) is 1.47. The molecule has 0 fully saturated rings. The van der Waals surface area contributed by atoms with Crippen molar-refractivity contribution in [2.45, 2.75) is 38.8 Å². The molecule has 0 saturated carbocycles. The highest BCUT2D eigenvalue weighted by Gasteiger charge is 2.28. The molecule has 0 unspecified atom stereocenters. The maximum Gasteiger partial charge on any atom is 0.114 e. The lowest BCUT2D eigenvalue weighted by molar-refractivity contribution is 0.577. The fourth-order valence-electron chi connectivity index (χ4n) is 3.43. The van der Waals surface area contributed by atoms with Crippen LogP contribution in [0, 0.1) is 6.92 Å². The minimum atomic E-state index is 0.570. The number of aliphatic imine (C=N–C) groups is 1. The number of rotatable bonds is 0. The zero-order valence-corrected chi connectivity index (χ0v) is 10.1. The SMILES string of the molecule is Cc1ccc2c(c1)c1c3n2CN=C[C@H]3CCC1. The van der Waals surface area contributed by atoms with Crippen molar-refractivity contribution >= 4 is 17.1 Å². The van der Waals surface area contributed by atoms with Crippen LogP contribution in [-0.2, 0) is 13.1 Å². The summed E-state index contributed by atoms with van der Waals surface area (Å²) in [6, 6.07) is 6.82. The van der Waals surface area contributed by atoms with Gasteiger partial charge in [0, 0.05) is 23.2 Å². The molecule has 2 heterocycles. The molecule has 86 valence electrons. The molecule has 1 aromatic heterocycles. The standard InChI is InChI=1S/C15H16N2/c1-10-5-6-14-13(7-10)12-4-2-3-11-8-16-9-17(14)15(11)12/h5-8,11H,2-4,9H2,1H3/t11-/m1/s1. The number of hydrogen-bond acceptors (Lipinski definition) is 1. The molecular formula is C15H16N2. The Bertz CT molecular complexity index is 634. The summed E-state index contributed by atoms with van der Waals surface area (Å²) in [6.07, 6.45) is 5.99. The number of benzene rings is 1. The van der Waals surface area contributed by atoms with E-state index >= 15 is 0 Å². The Morgan fingerprint density at radius 2 is 2.29 bits per heavy atom. The maximum atomic E-state index is 4.53. The van der Waals surface area contributed by atoms with Gasteiger partial charge in [-0.15, -0.1) is 0 Å². The van der Waals surface area contributed by atoms with E-state index in [0.29, 0.717) is 5.92 Å². The molecule has 2 heteroatoms. The zero-order chi connectivity index (χ0) is 11.4. The quantitative estimate of drug-likeness (QED) is 0.652. The second kappa shape index (κ2) is 3.22. The highest BCUT2D eigenvalue weighted by atomic mass is 15.1. The molecule has 4 rings (SSSR count). The van der Waals surface area contributed by atoms with Gasteiger partial charge in [-0.05, 0) is 43.9 Å². The van der Waals surface area contributed by atoms with Crippen molar-refractivity contribution in [2.75, 3.05) is 0 Å². The highest BCUT2D eigenvalue weighted by Crippen LogP contribution is 2.39. The minimum Gasteiger partial charge on any atom is -0.324 e. The fourth-order valence-corrected chi connectivity index (χ4v) is 3.43. The van der Waals surface area contributed by atoms with Crippen LogP contribution in [0.3, 0.4) is 0 Å². The molecule has 1 atom stereocenters. The van der Waals surface area contributed by atoms with Crippen LogP contribution in [0.15, 0.2) is 23.2 Å². The van der Waals surface area contributed by atoms with E-state index in [9.17, 15) is 0 Å². The predicted molar refractivity (Wildman–Crippen MR) is 70.8 cm³/mol. The Morgan fingerprint density at radius 1 is 1.35 bits per heavy atom. The first kappa shape index (κ1) is 9.46. The highest BCUT2D eigenvalue weighted by molar-refractivity contribution is 5.89. The van der Waals surface area contributed by atoms with Crippen molar-refractivity contribution < 1.29 is 0 Å². The van der Waals surface area contributed by atoms with Crippen LogP contribution in [0.2, 0.25) is 0 Å². The number of aryl methyl sites for hydroxylation is 2. The van der Waals surface area contributed by atoms with Crippen molar-refractivity contribution in [3.63, 3.8) is 0 Å². The molecule has 2 aromatic rings. The number of fused-ring (bicyclic) bond motifs is 3. The maximum absolute atomic E-state index is 4.53. The molecule has 1 aliphatic heterocycles. The van der Waals surface area contributed by atoms with Crippen LogP contribution in [0.25, 0.3) is 10.9 Å². The van der Waals surface area contributed by atoms with Gasteiger partial charge in [-0.1, -0.05) is 11.6 Å². The Balaban J connectivity index is 2.13. The van der Waals surface area contributed by atoms with Gasteiger partial charge < -0.3 is 4.57 Å². The van der Waals surface area contributed by atoms with Gasteiger partial charge in [-0.25, -0.2) is 0 Å². The van der Waals surface area contributed by atoms with Gasteiger partial charge in [-0.3, -0.25) is 4.99 Å². The molecule has 2 aliphatic rings. The largest absolute Gasteiger partial charge is 0.324 e. The first-order valence-corrected chi connectivity index (χ1v) is 6.46. The summed E-state index contributed by atoms with van der Waals surface area (Å²) >= 11 is 0. The Morgan fingerprint density at radius 3 is 3.24 bits per heavy atom. The molecule has 2 nitrogen and oxygen atoms in total. The van der Waals surface area contributed by atoms with Gasteiger partial charge in [0.25, 0.3) is 0 Å². The summed E-state index contributed by atoms with van der Waals surface area (Å²) in [6.45, 7) is 2.99. The molecular weight excluding hydrogens is 208 g/mol. The van der Waals surface area contributed by atoms with E-state index in [1.54, 1.807) is 11.3 Å². The Labute approximate surface area is 101 Å². The molecule has 0 spiro atoms. The van der Waals surface area contributed by atoms with E-state index < -0.39 is 0 Å². The van der Waals surface area contributed by atoms with Crippen molar-refractivity contribution in [1.82, 2.24) is 4.57 Å².